The molecule has 1 heterocycles. The lowest BCUT2D eigenvalue weighted by molar-refractivity contribution is 0.412. The number of fused-ring (bicyclic) bond motifs is 1. The molecule has 1 nitrogen and oxygen atoms in total. The molecular weight excluding hydrogens is 278 g/mol. The van der Waals surface area contributed by atoms with Crippen LogP contribution in [0.15, 0.2) is 35.9 Å². The third-order valence-electron chi connectivity index (χ3n) is 4.61. The van der Waals surface area contributed by atoms with Crippen LogP contribution < -0.4 is 0 Å². The molecule has 0 unspecified atom stereocenters. The molecule has 0 aliphatic heterocycles. The standard InChI is InChI=1S/C22H31N/c1-15(16(2)22(6,7)8)19-13-12-18-17(14-21(3,4)5)10-9-11-20(18)23-19/h9-13H,14H2,1-8H3/b16-15-. The number of hydrogen-bond donors (Lipinski definition) is 0. The zero-order valence-electron chi connectivity index (χ0n) is 16.0. The molecule has 0 spiro atoms. The smallest absolute Gasteiger partial charge is 0.0712 e. The molecule has 0 amide bonds. The third-order valence-corrected chi connectivity index (χ3v) is 4.61. The highest BCUT2D eigenvalue weighted by molar-refractivity contribution is 5.84. The number of rotatable bonds is 2. The highest BCUT2D eigenvalue weighted by Gasteiger charge is 2.17. The van der Waals surface area contributed by atoms with Gasteiger partial charge in [0.2, 0.25) is 0 Å². The monoisotopic (exact) mass is 309 g/mol. The third kappa shape index (κ3) is 4.22. The molecule has 124 valence electrons. The molecule has 0 fully saturated rings. The first kappa shape index (κ1) is 17.7. The SMILES string of the molecule is C/C(=C(\C)C(C)(C)C)c1ccc2c(CC(C)(C)C)cccc2n1. The maximum absolute atomic E-state index is 4.94. The highest BCUT2D eigenvalue weighted by Crippen LogP contribution is 2.32. The van der Waals surface area contributed by atoms with Crippen molar-refractivity contribution in [2.24, 2.45) is 10.8 Å². The van der Waals surface area contributed by atoms with E-state index in [1.165, 1.54) is 22.1 Å². The highest BCUT2D eigenvalue weighted by atomic mass is 14.7. The molecule has 1 heteroatoms. The van der Waals surface area contributed by atoms with Crippen LogP contribution in [0, 0.1) is 10.8 Å². The first-order valence-corrected chi connectivity index (χ1v) is 8.56. The van der Waals surface area contributed by atoms with Crippen molar-refractivity contribution in [3.8, 4) is 0 Å². The van der Waals surface area contributed by atoms with Gasteiger partial charge in [-0.2, -0.15) is 0 Å². The summed E-state index contributed by atoms with van der Waals surface area (Å²) in [5, 5.41) is 1.28. The molecule has 1 aromatic carbocycles. The van der Waals surface area contributed by atoms with Crippen LogP contribution >= 0.6 is 0 Å². The van der Waals surface area contributed by atoms with Gasteiger partial charge in [0.1, 0.15) is 0 Å². The Morgan fingerprint density at radius 1 is 0.913 bits per heavy atom. The van der Waals surface area contributed by atoms with E-state index in [1.807, 2.05) is 0 Å². The number of pyridine rings is 1. The van der Waals surface area contributed by atoms with E-state index in [0.717, 1.165) is 17.6 Å². The largest absolute Gasteiger partial charge is 0.248 e. The minimum atomic E-state index is 0.175. The first-order chi connectivity index (χ1) is 10.5. The van der Waals surface area contributed by atoms with Gasteiger partial charge in [-0.1, -0.05) is 65.3 Å². The molecule has 1 aromatic heterocycles. The van der Waals surface area contributed by atoms with Crippen molar-refractivity contribution in [3.63, 3.8) is 0 Å². The summed E-state index contributed by atoms with van der Waals surface area (Å²) < 4.78 is 0. The van der Waals surface area contributed by atoms with E-state index in [2.05, 4.69) is 85.7 Å². The average Bonchev–Trinajstić information content (AvgIpc) is 2.43. The van der Waals surface area contributed by atoms with Gasteiger partial charge >= 0.3 is 0 Å². The van der Waals surface area contributed by atoms with Crippen LogP contribution in [0.4, 0.5) is 0 Å². The molecule has 0 atom stereocenters. The Hall–Kier alpha value is -1.63. The maximum atomic E-state index is 4.94. The minimum absolute atomic E-state index is 0.175. The molecule has 0 radical (unpaired) electrons. The Kier molecular flexibility index (Phi) is 4.71. The Bertz CT molecular complexity index is 737. The van der Waals surface area contributed by atoms with Crippen molar-refractivity contribution in [3.05, 3.63) is 47.2 Å². The van der Waals surface area contributed by atoms with Crippen molar-refractivity contribution >= 4 is 16.5 Å². The summed E-state index contributed by atoms with van der Waals surface area (Å²) in [5.74, 6) is 0. The van der Waals surface area contributed by atoms with E-state index in [1.54, 1.807) is 0 Å². The quantitative estimate of drug-likeness (QED) is 0.604. The van der Waals surface area contributed by atoms with E-state index in [0.29, 0.717) is 0 Å². The van der Waals surface area contributed by atoms with Crippen LogP contribution in [0.2, 0.25) is 0 Å². The second-order valence-corrected chi connectivity index (χ2v) is 8.92. The van der Waals surface area contributed by atoms with Crippen molar-refractivity contribution in [1.29, 1.82) is 0 Å². The summed E-state index contributed by atoms with van der Waals surface area (Å²) in [6, 6.07) is 10.9. The van der Waals surface area contributed by atoms with E-state index < -0.39 is 0 Å². The zero-order valence-corrected chi connectivity index (χ0v) is 16.0. The number of nitrogens with zero attached hydrogens (tertiary/aromatic N) is 1. The molecule has 2 aromatic rings. The van der Waals surface area contributed by atoms with Gasteiger partial charge in [0, 0.05) is 5.39 Å². The van der Waals surface area contributed by atoms with Crippen molar-refractivity contribution in [2.45, 2.75) is 61.8 Å². The summed E-state index contributed by atoms with van der Waals surface area (Å²) >= 11 is 0. The predicted molar refractivity (Wildman–Crippen MR) is 103 cm³/mol. The normalized spacial score (nSPS) is 14.1. The molecule has 0 N–H and O–H groups in total. The number of aromatic nitrogens is 1. The second kappa shape index (κ2) is 6.11. The number of benzene rings is 1. The van der Waals surface area contributed by atoms with E-state index in [4.69, 9.17) is 4.98 Å². The molecular formula is C22H31N. The minimum Gasteiger partial charge on any atom is -0.248 e. The topological polar surface area (TPSA) is 12.9 Å². The Morgan fingerprint density at radius 3 is 2.13 bits per heavy atom. The van der Waals surface area contributed by atoms with Gasteiger partial charge in [0.25, 0.3) is 0 Å². The van der Waals surface area contributed by atoms with Crippen molar-refractivity contribution in [1.82, 2.24) is 4.98 Å². The molecule has 2 rings (SSSR count). The Labute approximate surface area is 141 Å². The molecule has 0 aliphatic rings. The fourth-order valence-corrected chi connectivity index (χ4v) is 2.91. The van der Waals surface area contributed by atoms with Gasteiger partial charge in [-0.05, 0) is 54.4 Å². The van der Waals surface area contributed by atoms with Crippen LogP contribution in [0.3, 0.4) is 0 Å². The van der Waals surface area contributed by atoms with Crippen LogP contribution in [0.25, 0.3) is 16.5 Å². The summed E-state index contributed by atoms with van der Waals surface area (Å²) in [7, 11) is 0. The lowest BCUT2D eigenvalue weighted by atomic mass is 9.83. The fraction of sp³-hybridized carbons (Fsp3) is 0.500. The average molecular weight is 309 g/mol. The van der Waals surface area contributed by atoms with Crippen LogP contribution in [-0.4, -0.2) is 4.98 Å². The number of hydrogen-bond acceptors (Lipinski definition) is 1. The summed E-state index contributed by atoms with van der Waals surface area (Å²) in [5.41, 5.74) is 6.74. The van der Waals surface area contributed by atoms with Crippen LogP contribution in [-0.2, 0) is 6.42 Å². The molecule has 0 bridgehead atoms. The zero-order chi connectivity index (χ0) is 17.4. The van der Waals surface area contributed by atoms with E-state index in [-0.39, 0.29) is 10.8 Å². The summed E-state index contributed by atoms with van der Waals surface area (Å²) in [6.07, 6.45) is 1.07. The van der Waals surface area contributed by atoms with Gasteiger partial charge in [0.05, 0.1) is 11.2 Å². The lowest BCUT2D eigenvalue weighted by Crippen LogP contribution is -2.10. The van der Waals surface area contributed by atoms with Crippen molar-refractivity contribution < 1.29 is 0 Å². The summed E-state index contributed by atoms with van der Waals surface area (Å²) in [4.78, 5) is 4.94. The Balaban J connectivity index is 2.53. The van der Waals surface area contributed by atoms with E-state index in [9.17, 15) is 0 Å². The van der Waals surface area contributed by atoms with Crippen LogP contribution in [0.1, 0.15) is 66.6 Å². The van der Waals surface area contributed by atoms with Crippen molar-refractivity contribution in [2.75, 3.05) is 0 Å². The predicted octanol–water partition coefficient (Wildman–Crippen LogP) is 6.66. The van der Waals surface area contributed by atoms with Gasteiger partial charge < -0.3 is 0 Å². The van der Waals surface area contributed by atoms with Gasteiger partial charge in [-0.25, -0.2) is 4.98 Å². The van der Waals surface area contributed by atoms with Gasteiger partial charge in [0.15, 0.2) is 0 Å². The Morgan fingerprint density at radius 2 is 1.57 bits per heavy atom. The van der Waals surface area contributed by atoms with Gasteiger partial charge in [-0.3, -0.25) is 0 Å². The summed E-state index contributed by atoms with van der Waals surface area (Å²) in [6.45, 7) is 18.0. The molecule has 0 aliphatic carbocycles. The van der Waals surface area contributed by atoms with Crippen LogP contribution in [0.5, 0.6) is 0 Å². The maximum Gasteiger partial charge on any atom is 0.0712 e. The van der Waals surface area contributed by atoms with E-state index >= 15 is 0 Å². The van der Waals surface area contributed by atoms with Gasteiger partial charge in [-0.15, -0.1) is 0 Å². The molecule has 23 heavy (non-hydrogen) atoms. The fourth-order valence-electron chi connectivity index (χ4n) is 2.91. The lowest BCUT2D eigenvalue weighted by Gasteiger charge is -2.23. The molecule has 0 saturated heterocycles. The number of allylic oxidation sites excluding steroid dienone is 2. The first-order valence-electron chi connectivity index (χ1n) is 8.56. The second-order valence-electron chi connectivity index (χ2n) is 8.92. The molecule has 0 saturated carbocycles.